The fraction of sp³-hybridized carbons (Fsp3) is 0.200. The van der Waals surface area contributed by atoms with Crippen molar-refractivity contribution in [2.45, 2.75) is 6.42 Å². The summed E-state index contributed by atoms with van der Waals surface area (Å²) in [6, 6.07) is 17.0. The largest absolute Gasteiger partial charge is 0.399 e. The van der Waals surface area contributed by atoms with Crippen LogP contribution in [0.3, 0.4) is 0 Å². The van der Waals surface area contributed by atoms with Gasteiger partial charge in [0.1, 0.15) is 0 Å². The van der Waals surface area contributed by atoms with Crippen LogP contribution in [0, 0.1) is 0 Å². The fourth-order valence-corrected chi connectivity index (χ4v) is 2.57. The minimum atomic E-state index is -3.94. The Morgan fingerprint density at radius 2 is 1.52 bits per heavy atom. The summed E-state index contributed by atoms with van der Waals surface area (Å²) in [6.45, 7) is 0.480. The van der Waals surface area contributed by atoms with Crippen LogP contribution in [0.15, 0.2) is 54.6 Å². The van der Waals surface area contributed by atoms with Crippen molar-refractivity contribution in [1.82, 2.24) is 0 Å². The lowest BCUT2D eigenvalue weighted by molar-refractivity contribution is 0.481. The van der Waals surface area contributed by atoms with Gasteiger partial charge >= 0.3 is 0 Å². The van der Waals surface area contributed by atoms with Crippen molar-refractivity contribution in [1.29, 1.82) is 0 Å². The summed E-state index contributed by atoms with van der Waals surface area (Å²) in [6.07, 6.45) is 0.331. The molecule has 0 amide bonds. The number of anilines is 3. The van der Waals surface area contributed by atoms with E-state index in [-0.39, 0.29) is 5.75 Å². The van der Waals surface area contributed by atoms with E-state index in [9.17, 15) is 8.42 Å². The summed E-state index contributed by atoms with van der Waals surface area (Å²) in [5, 5.41) is 0. The Balaban J connectivity index is 2.20. The van der Waals surface area contributed by atoms with Crippen LogP contribution in [-0.4, -0.2) is 25.3 Å². The molecule has 112 valence electrons. The minimum Gasteiger partial charge on any atom is -0.399 e. The molecule has 2 aromatic rings. The molecule has 0 radical (unpaired) electrons. The van der Waals surface area contributed by atoms with Gasteiger partial charge in [0.15, 0.2) is 0 Å². The Hall–Kier alpha value is -2.05. The highest BCUT2D eigenvalue weighted by molar-refractivity contribution is 7.85. The fourth-order valence-electron chi connectivity index (χ4n) is 2.07. The molecule has 0 aromatic heterocycles. The lowest BCUT2D eigenvalue weighted by Gasteiger charge is -2.25. The van der Waals surface area contributed by atoms with E-state index >= 15 is 0 Å². The maximum absolute atomic E-state index is 10.9. The van der Waals surface area contributed by atoms with Gasteiger partial charge in [-0.05, 0) is 42.8 Å². The van der Waals surface area contributed by atoms with Crippen LogP contribution in [0.2, 0.25) is 0 Å². The molecule has 21 heavy (non-hydrogen) atoms. The molecule has 0 heterocycles. The van der Waals surface area contributed by atoms with Gasteiger partial charge in [-0.25, -0.2) is 0 Å². The average molecular weight is 306 g/mol. The van der Waals surface area contributed by atoms with Crippen LogP contribution in [0.25, 0.3) is 0 Å². The Labute approximate surface area is 124 Å². The predicted octanol–water partition coefficient (Wildman–Crippen LogP) is 2.68. The van der Waals surface area contributed by atoms with Crippen LogP contribution in [0.1, 0.15) is 6.42 Å². The highest BCUT2D eigenvalue weighted by Gasteiger charge is 2.11. The molecule has 5 nitrogen and oxygen atoms in total. The summed E-state index contributed by atoms with van der Waals surface area (Å²) in [7, 11) is -3.94. The predicted molar refractivity (Wildman–Crippen MR) is 85.3 cm³/mol. The van der Waals surface area contributed by atoms with Crippen molar-refractivity contribution < 1.29 is 13.0 Å². The molecule has 3 N–H and O–H groups in total. The second kappa shape index (κ2) is 6.60. The number of hydrogen-bond donors (Lipinski definition) is 2. The van der Waals surface area contributed by atoms with Crippen molar-refractivity contribution >= 4 is 27.2 Å². The number of hydrogen-bond acceptors (Lipinski definition) is 4. The molecule has 6 heteroatoms. The molecule has 0 aliphatic carbocycles. The van der Waals surface area contributed by atoms with Crippen LogP contribution < -0.4 is 10.6 Å². The molecule has 0 saturated heterocycles. The molecule has 0 spiro atoms. The van der Waals surface area contributed by atoms with E-state index < -0.39 is 10.1 Å². The van der Waals surface area contributed by atoms with Gasteiger partial charge in [0.05, 0.1) is 5.75 Å². The lowest BCUT2D eigenvalue weighted by atomic mass is 10.2. The monoisotopic (exact) mass is 306 g/mol. The Bertz CT molecular complexity index is 670. The lowest BCUT2D eigenvalue weighted by Crippen LogP contribution is -2.21. The van der Waals surface area contributed by atoms with E-state index in [4.69, 9.17) is 10.3 Å². The van der Waals surface area contributed by atoms with Crippen molar-refractivity contribution in [3.05, 3.63) is 54.6 Å². The number of rotatable bonds is 6. The second-order valence-electron chi connectivity index (χ2n) is 4.72. The second-order valence-corrected chi connectivity index (χ2v) is 6.29. The minimum absolute atomic E-state index is 0.259. The van der Waals surface area contributed by atoms with Gasteiger partial charge in [0.25, 0.3) is 10.1 Å². The highest BCUT2D eigenvalue weighted by atomic mass is 32.2. The third-order valence-electron chi connectivity index (χ3n) is 3.06. The zero-order valence-corrected chi connectivity index (χ0v) is 12.3. The standard InChI is InChI=1S/C15H18N2O3S/c16-13-7-9-15(10-8-13)17(11-4-12-21(18,19)20)14-5-2-1-3-6-14/h1-3,5-10H,4,11-12,16H2,(H,18,19,20). The molecule has 0 saturated carbocycles. The first-order valence-electron chi connectivity index (χ1n) is 6.59. The number of para-hydroxylation sites is 1. The zero-order chi connectivity index (χ0) is 15.3. The Morgan fingerprint density at radius 1 is 0.952 bits per heavy atom. The maximum Gasteiger partial charge on any atom is 0.264 e. The van der Waals surface area contributed by atoms with E-state index in [1.807, 2.05) is 47.4 Å². The van der Waals surface area contributed by atoms with Crippen molar-refractivity contribution in [2.24, 2.45) is 0 Å². The van der Waals surface area contributed by atoms with Crippen molar-refractivity contribution in [2.75, 3.05) is 22.9 Å². The van der Waals surface area contributed by atoms with Gasteiger partial charge in [0, 0.05) is 23.6 Å². The van der Waals surface area contributed by atoms with Crippen molar-refractivity contribution in [3.63, 3.8) is 0 Å². The number of nitrogens with zero attached hydrogens (tertiary/aromatic N) is 1. The highest BCUT2D eigenvalue weighted by Crippen LogP contribution is 2.26. The maximum atomic E-state index is 10.9. The summed E-state index contributed by atoms with van der Waals surface area (Å²) < 4.78 is 30.5. The van der Waals surface area contributed by atoms with Crippen LogP contribution in [-0.2, 0) is 10.1 Å². The molecule has 0 aliphatic rings. The zero-order valence-electron chi connectivity index (χ0n) is 11.5. The number of nitrogens with two attached hydrogens (primary N) is 1. The average Bonchev–Trinajstić information content (AvgIpc) is 2.45. The Morgan fingerprint density at radius 3 is 2.10 bits per heavy atom. The van der Waals surface area contributed by atoms with Crippen LogP contribution >= 0.6 is 0 Å². The van der Waals surface area contributed by atoms with Crippen molar-refractivity contribution in [3.8, 4) is 0 Å². The molecule has 2 aromatic carbocycles. The van der Waals surface area contributed by atoms with E-state index in [2.05, 4.69) is 0 Å². The first-order chi connectivity index (χ1) is 9.96. The van der Waals surface area contributed by atoms with Gasteiger partial charge in [-0.3, -0.25) is 4.55 Å². The molecular formula is C15H18N2O3S. The first kappa shape index (κ1) is 15.3. The van der Waals surface area contributed by atoms with Crippen LogP contribution in [0.5, 0.6) is 0 Å². The molecule has 0 unspecified atom stereocenters. The van der Waals surface area contributed by atoms with Gasteiger partial charge in [-0.15, -0.1) is 0 Å². The van der Waals surface area contributed by atoms with Gasteiger partial charge in [0.2, 0.25) is 0 Å². The molecule has 0 fully saturated rings. The Kier molecular flexibility index (Phi) is 4.82. The SMILES string of the molecule is Nc1ccc(N(CCCS(=O)(=O)O)c2ccccc2)cc1. The summed E-state index contributed by atoms with van der Waals surface area (Å²) >= 11 is 0. The number of nitrogen functional groups attached to an aromatic ring is 1. The van der Waals surface area contributed by atoms with E-state index in [1.165, 1.54) is 0 Å². The topological polar surface area (TPSA) is 83.6 Å². The van der Waals surface area contributed by atoms with Gasteiger partial charge < -0.3 is 10.6 Å². The first-order valence-corrected chi connectivity index (χ1v) is 8.20. The normalized spacial score (nSPS) is 11.3. The number of benzene rings is 2. The molecule has 0 aliphatic heterocycles. The molecule has 2 rings (SSSR count). The molecule has 0 atom stereocenters. The molecule has 0 bridgehead atoms. The molecular weight excluding hydrogens is 288 g/mol. The third-order valence-corrected chi connectivity index (χ3v) is 3.86. The quantitative estimate of drug-likeness (QED) is 0.633. The van der Waals surface area contributed by atoms with Crippen LogP contribution in [0.4, 0.5) is 17.1 Å². The summed E-state index contributed by atoms with van der Waals surface area (Å²) in [4.78, 5) is 1.99. The van der Waals surface area contributed by atoms with E-state index in [0.717, 1.165) is 11.4 Å². The van der Waals surface area contributed by atoms with Gasteiger partial charge in [-0.2, -0.15) is 8.42 Å². The van der Waals surface area contributed by atoms with E-state index in [0.29, 0.717) is 18.7 Å². The summed E-state index contributed by atoms with van der Waals surface area (Å²) in [5.41, 5.74) is 8.24. The summed E-state index contributed by atoms with van der Waals surface area (Å²) in [5.74, 6) is -0.259. The van der Waals surface area contributed by atoms with E-state index in [1.54, 1.807) is 12.1 Å². The van der Waals surface area contributed by atoms with Gasteiger partial charge in [-0.1, -0.05) is 18.2 Å². The third kappa shape index (κ3) is 4.77. The smallest absolute Gasteiger partial charge is 0.264 e.